The predicted molar refractivity (Wildman–Crippen MR) is 112 cm³/mol. The molecule has 0 unspecified atom stereocenters. The summed E-state index contributed by atoms with van der Waals surface area (Å²) in [7, 11) is 3.99. The first-order valence-electron chi connectivity index (χ1n) is 9.22. The van der Waals surface area contributed by atoms with E-state index in [9.17, 15) is 4.79 Å². The molecular weight excluding hydrogens is 374 g/mol. The van der Waals surface area contributed by atoms with Gasteiger partial charge in [-0.2, -0.15) is 5.10 Å². The number of benzene rings is 2. The zero-order chi connectivity index (χ0) is 19.9. The van der Waals surface area contributed by atoms with Gasteiger partial charge in [0.2, 0.25) is 0 Å². The van der Waals surface area contributed by atoms with Crippen LogP contribution in [-0.4, -0.2) is 48.1 Å². The fourth-order valence-corrected chi connectivity index (χ4v) is 3.11. The summed E-state index contributed by atoms with van der Waals surface area (Å²) in [6.07, 6.45) is 4.56. The number of halogens is 1. The highest BCUT2D eigenvalue weighted by molar-refractivity contribution is 6.31. The molecule has 0 amide bonds. The smallest absolute Gasteiger partial charge is 0.163 e. The van der Waals surface area contributed by atoms with Gasteiger partial charge in [0.1, 0.15) is 12.4 Å². The van der Waals surface area contributed by atoms with Gasteiger partial charge in [0.25, 0.3) is 0 Å². The number of likely N-dealkylation sites (N-methyl/N-ethyl adjacent to an activating group) is 1. The van der Waals surface area contributed by atoms with Crippen LogP contribution in [0.4, 0.5) is 0 Å². The Bertz CT molecular complexity index is 923. The van der Waals surface area contributed by atoms with E-state index in [0.29, 0.717) is 35.8 Å². The van der Waals surface area contributed by atoms with Crippen LogP contribution in [0.2, 0.25) is 5.02 Å². The Labute approximate surface area is 170 Å². The molecule has 0 spiro atoms. The molecule has 0 aliphatic carbocycles. The molecule has 0 aliphatic rings. The van der Waals surface area contributed by atoms with E-state index in [1.807, 2.05) is 62.8 Å². The molecule has 0 saturated heterocycles. The molecule has 2 aromatic carbocycles. The van der Waals surface area contributed by atoms with Crippen LogP contribution < -0.4 is 4.74 Å². The van der Waals surface area contributed by atoms with E-state index in [1.165, 1.54) is 0 Å². The first-order valence-corrected chi connectivity index (χ1v) is 9.59. The van der Waals surface area contributed by atoms with E-state index < -0.39 is 0 Å². The van der Waals surface area contributed by atoms with Gasteiger partial charge in [0.15, 0.2) is 5.78 Å². The number of ketones is 1. The molecule has 28 heavy (non-hydrogen) atoms. The third kappa shape index (κ3) is 5.21. The SMILES string of the molecule is CN(C)CCOc1cc(C(=O)CCc2ccccc2Cl)ccc1-c1cn[nH]c1. The maximum absolute atomic E-state index is 12.7. The van der Waals surface area contributed by atoms with Crippen LogP contribution in [0.1, 0.15) is 22.3 Å². The minimum Gasteiger partial charge on any atom is -0.492 e. The summed E-state index contributed by atoms with van der Waals surface area (Å²) in [6.45, 7) is 1.32. The molecule has 1 heterocycles. The van der Waals surface area contributed by atoms with Gasteiger partial charge in [-0.3, -0.25) is 9.89 Å². The number of Topliss-reactive ketones (excluding diaryl/α,β-unsaturated/α-hetero) is 1. The van der Waals surface area contributed by atoms with Crippen molar-refractivity contribution in [3.05, 3.63) is 71.0 Å². The summed E-state index contributed by atoms with van der Waals surface area (Å²) >= 11 is 6.20. The fourth-order valence-electron chi connectivity index (χ4n) is 2.88. The van der Waals surface area contributed by atoms with Crippen molar-refractivity contribution in [2.75, 3.05) is 27.2 Å². The van der Waals surface area contributed by atoms with Crippen molar-refractivity contribution in [3.63, 3.8) is 0 Å². The van der Waals surface area contributed by atoms with Crippen molar-refractivity contribution in [2.24, 2.45) is 0 Å². The predicted octanol–water partition coefficient (Wildman–Crippen LogP) is 4.49. The largest absolute Gasteiger partial charge is 0.492 e. The van der Waals surface area contributed by atoms with Crippen molar-refractivity contribution < 1.29 is 9.53 Å². The van der Waals surface area contributed by atoms with Gasteiger partial charge < -0.3 is 9.64 Å². The van der Waals surface area contributed by atoms with Crippen LogP contribution in [-0.2, 0) is 6.42 Å². The summed E-state index contributed by atoms with van der Waals surface area (Å²) in [6, 6.07) is 13.2. The fraction of sp³-hybridized carbons (Fsp3) is 0.273. The first-order chi connectivity index (χ1) is 13.5. The average molecular weight is 398 g/mol. The number of hydrogen-bond acceptors (Lipinski definition) is 4. The summed E-state index contributed by atoms with van der Waals surface area (Å²) < 4.78 is 5.99. The highest BCUT2D eigenvalue weighted by Crippen LogP contribution is 2.31. The lowest BCUT2D eigenvalue weighted by atomic mass is 9.99. The summed E-state index contributed by atoms with van der Waals surface area (Å²) in [5, 5.41) is 7.52. The van der Waals surface area contributed by atoms with Crippen LogP contribution >= 0.6 is 11.6 Å². The molecule has 3 rings (SSSR count). The Morgan fingerprint density at radius 2 is 2.04 bits per heavy atom. The van der Waals surface area contributed by atoms with Gasteiger partial charge in [0, 0.05) is 40.9 Å². The van der Waals surface area contributed by atoms with E-state index in [1.54, 1.807) is 6.20 Å². The Morgan fingerprint density at radius 1 is 1.21 bits per heavy atom. The minimum atomic E-state index is 0.0659. The zero-order valence-corrected chi connectivity index (χ0v) is 16.9. The third-order valence-electron chi connectivity index (χ3n) is 4.49. The van der Waals surface area contributed by atoms with Crippen molar-refractivity contribution >= 4 is 17.4 Å². The van der Waals surface area contributed by atoms with E-state index >= 15 is 0 Å². The van der Waals surface area contributed by atoms with Gasteiger partial charge >= 0.3 is 0 Å². The number of ether oxygens (including phenoxy) is 1. The molecule has 146 valence electrons. The van der Waals surface area contributed by atoms with Crippen LogP contribution in [0, 0.1) is 0 Å². The maximum Gasteiger partial charge on any atom is 0.163 e. The third-order valence-corrected chi connectivity index (χ3v) is 4.86. The number of aromatic amines is 1. The summed E-state index contributed by atoms with van der Waals surface area (Å²) in [5.74, 6) is 0.753. The lowest BCUT2D eigenvalue weighted by molar-refractivity contribution is 0.0982. The van der Waals surface area contributed by atoms with Crippen molar-refractivity contribution in [2.45, 2.75) is 12.8 Å². The minimum absolute atomic E-state index is 0.0659. The molecular formula is C22H24ClN3O2. The van der Waals surface area contributed by atoms with E-state index in [2.05, 4.69) is 15.1 Å². The van der Waals surface area contributed by atoms with Crippen molar-refractivity contribution in [3.8, 4) is 16.9 Å². The molecule has 1 N–H and O–H groups in total. The highest BCUT2D eigenvalue weighted by atomic mass is 35.5. The number of rotatable bonds is 9. The second-order valence-corrected chi connectivity index (χ2v) is 7.27. The second-order valence-electron chi connectivity index (χ2n) is 6.86. The van der Waals surface area contributed by atoms with Crippen LogP contribution in [0.5, 0.6) is 5.75 Å². The Morgan fingerprint density at radius 3 is 2.75 bits per heavy atom. The number of hydrogen-bond donors (Lipinski definition) is 1. The molecule has 0 atom stereocenters. The van der Waals surface area contributed by atoms with Crippen molar-refractivity contribution in [1.82, 2.24) is 15.1 Å². The van der Waals surface area contributed by atoms with E-state index in [0.717, 1.165) is 23.2 Å². The molecule has 0 aliphatic heterocycles. The molecule has 5 nitrogen and oxygen atoms in total. The number of carbonyl (C=O) groups is 1. The lowest BCUT2D eigenvalue weighted by Gasteiger charge is -2.15. The molecule has 0 bridgehead atoms. The van der Waals surface area contributed by atoms with Crippen LogP contribution in [0.3, 0.4) is 0 Å². The monoisotopic (exact) mass is 397 g/mol. The Kier molecular flexibility index (Phi) is 6.85. The number of aryl methyl sites for hydroxylation is 1. The van der Waals surface area contributed by atoms with Gasteiger partial charge in [-0.25, -0.2) is 0 Å². The van der Waals surface area contributed by atoms with Crippen molar-refractivity contribution in [1.29, 1.82) is 0 Å². The second kappa shape index (κ2) is 9.53. The van der Waals surface area contributed by atoms with Gasteiger partial charge in [-0.1, -0.05) is 35.9 Å². The highest BCUT2D eigenvalue weighted by Gasteiger charge is 2.14. The molecule has 0 radical (unpaired) electrons. The molecule has 0 saturated carbocycles. The average Bonchev–Trinajstić information content (AvgIpc) is 3.21. The number of nitrogens with zero attached hydrogens (tertiary/aromatic N) is 2. The maximum atomic E-state index is 12.7. The Balaban J connectivity index is 1.77. The first kappa shape index (κ1) is 20.1. The molecule has 1 aromatic heterocycles. The lowest BCUT2D eigenvalue weighted by Crippen LogP contribution is -2.19. The number of aromatic nitrogens is 2. The zero-order valence-electron chi connectivity index (χ0n) is 16.1. The van der Waals surface area contributed by atoms with Crippen LogP contribution in [0.25, 0.3) is 11.1 Å². The molecule has 0 fully saturated rings. The van der Waals surface area contributed by atoms with E-state index in [-0.39, 0.29) is 5.78 Å². The van der Waals surface area contributed by atoms with Gasteiger partial charge in [-0.05, 0) is 44.3 Å². The number of nitrogens with one attached hydrogen (secondary N) is 1. The number of carbonyl (C=O) groups excluding carboxylic acids is 1. The van der Waals surface area contributed by atoms with Crippen LogP contribution in [0.15, 0.2) is 54.9 Å². The molecule has 3 aromatic rings. The standard InChI is InChI=1S/C22H24ClN3O2/c1-26(2)11-12-28-22-13-17(7-9-19(22)18-14-24-25-15-18)21(27)10-8-16-5-3-4-6-20(16)23/h3-7,9,13-15H,8,10-12H2,1-2H3,(H,24,25). The Hall–Kier alpha value is -2.63. The summed E-state index contributed by atoms with van der Waals surface area (Å²) in [4.78, 5) is 14.8. The van der Waals surface area contributed by atoms with E-state index in [4.69, 9.17) is 16.3 Å². The van der Waals surface area contributed by atoms with Gasteiger partial charge in [-0.15, -0.1) is 0 Å². The molecule has 6 heteroatoms. The van der Waals surface area contributed by atoms with Gasteiger partial charge in [0.05, 0.1) is 6.20 Å². The quantitative estimate of drug-likeness (QED) is 0.540. The topological polar surface area (TPSA) is 58.2 Å². The summed E-state index contributed by atoms with van der Waals surface area (Å²) in [5.41, 5.74) is 3.46. The number of H-pyrrole nitrogens is 1. The normalized spacial score (nSPS) is 11.0.